The zero-order valence-electron chi connectivity index (χ0n) is 9.00. The summed E-state index contributed by atoms with van der Waals surface area (Å²) in [6.07, 6.45) is 0. The van der Waals surface area contributed by atoms with Crippen molar-refractivity contribution in [3.8, 4) is 0 Å². The highest BCUT2D eigenvalue weighted by Gasteiger charge is 2.08. The molecule has 0 amide bonds. The van der Waals surface area contributed by atoms with Crippen LogP contribution in [-0.2, 0) is 0 Å². The average Bonchev–Trinajstić information content (AvgIpc) is 1.98. The molecule has 0 aromatic heterocycles. The van der Waals surface area contributed by atoms with Crippen LogP contribution < -0.4 is 10.6 Å². The van der Waals surface area contributed by atoms with E-state index in [2.05, 4.69) is 38.3 Å². The largest absolute Gasteiger partial charge is 0.395 e. The molecular formula is C9H22N2OS. The molecule has 3 nitrogen and oxygen atoms in total. The van der Waals surface area contributed by atoms with E-state index < -0.39 is 0 Å². The van der Waals surface area contributed by atoms with Gasteiger partial charge in [-0.1, -0.05) is 0 Å². The van der Waals surface area contributed by atoms with Gasteiger partial charge in [-0.25, -0.2) is 0 Å². The van der Waals surface area contributed by atoms with Gasteiger partial charge in [-0.05, 0) is 27.7 Å². The summed E-state index contributed by atoms with van der Waals surface area (Å²) in [5, 5.41) is 16.1. The van der Waals surface area contributed by atoms with Crippen LogP contribution in [0.25, 0.3) is 0 Å². The fourth-order valence-corrected chi connectivity index (χ4v) is 2.31. The number of aliphatic hydroxyl groups excluding tert-OH is 1. The maximum Gasteiger partial charge on any atom is 0.0556 e. The van der Waals surface area contributed by atoms with Crippen molar-refractivity contribution in [3.63, 3.8) is 0 Å². The molecule has 0 aliphatic rings. The SMILES string of the molecule is CC(C)NC(C)SC(C)NCCO. The highest BCUT2D eigenvalue weighted by atomic mass is 32.2. The topological polar surface area (TPSA) is 44.3 Å². The van der Waals surface area contributed by atoms with E-state index >= 15 is 0 Å². The second-order valence-corrected chi connectivity index (χ2v) is 5.11. The molecule has 0 aromatic rings. The van der Waals surface area contributed by atoms with Crippen LogP contribution in [-0.4, -0.2) is 35.0 Å². The van der Waals surface area contributed by atoms with E-state index in [-0.39, 0.29) is 6.61 Å². The molecule has 3 N–H and O–H groups in total. The number of rotatable bonds is 7. The number of aliphatic hydroxyl groups is 1. The van der Waals surface area contributed by atoms with Crippen molar-refractivity contribution in [2.24, 2.45) is 0 Å². The summed E-state index contributed by atoms with van der Waals surface area (Å²) in [6, 6.07) is 0.521. The van der Waals surface area contributed by atoms with Crippen LogP contribution in [0.3, 0.4) is 0 Å². The third-order valence-corrected chi connectivity index (χ3v) is 2.64. The molecule has 0 spiro atoms. The van der Waals surface area contributed by atoms with Crippen molar-refractivity contribution < 1.29 is 5.11 Å². The zero-order valence-corrected chi connectivity index (χ0v) is 9.82. The molecule has 2 atom stereocenters. The molecule has 0 saturated heterocycles. The Labute approximate surface area is 85.7 Å². The van der Waals surface area contributed by atoms with Gasteiger partial charge in [0, 0.05) is 12.6 Å². The maximum atomic E-state index is 8.61. The highest BCUT2D eigenvalue weighted by Crippen LogP contribution is 2.13. The highest BCUT2D eigenvalue weighted by molar-refractivity contribution is 8.00. The molecule has 0 heterocycles. The van der Waals surface area contributed by atoms with Gasteiger partial charge >= 0.3 is 0 Å². The van der Waals surface area contributed by atoms with Crippen molar-refractivity contribution in [2.75, 3.05) is 13.2 Å². The minimum atomic E-state index is 0.205. The Bertz CT molecular complexity index is 122. The summed E-state index contributed by atoms with van der Waals surface area (Å²) in [5.74, 6) is 0. The molecule has 0 fully saturated rings. The first kappa shape index (κ1) is 13.2. The zero-order chi connectivity index (χ0) is 10.3. The molecule has 2 unspecified atom stereocenters. The molecule has 0 saturated carbocycles. The fourth-order valence-electron chi connectivity index (χ4n) is 1.13. The smallest absolute Gasteiger partial charge is 0.0556 e. The van der Waals surface area contributed by atoms with Crippen molar-refractivity contribution in [1.29, 1.82) is 0 Å². The van der Waals surface area contributed by atoms with Crippen molar-refractivity contribution in [3.05, 3.63) is 0 Å². The van der Waals surface area contributed by atoms with Gasteiger partial charge < -0.3 is 15.7 Å². The van der Waals surface area contributed by atoms with Gasteiger partial charge in [-0.2, -0.15) is 0 Å². The van der Waals surface area contributed by atoms with Crippen LogP contribution in [0.1, 0.15) is 27.7 Å². The summed E-state index contributed by atoms with van der Waals surface area (Å²) in [5.41, 5.74) is 0. The molecule has 0 radical (unpaired) electrons. The van der Waals surface area contributed by atoms with E-state index in [9.17, 15) is 0 Å². The quantitative estimate of drug-likeness (QED) is 0.544. The number of nitrogens with one attached hydrogen (secondary N) is 2. The fraction of sp³-hybridized carbons (Fsp3) is 1.00. The van der Waals surface area contributed by atoms with E-state index in [0.717, 1.165) is 0 Å². The molecule has 0 aliphatic carbocycles. The van der Waals surface area contributed by atoms with Crippen molar-refractivity contribution in [1.82, 2.24) is 10.6 Å². The van der Waals surface area contributed by atoms with Crippen LogP contribution in [0.4, 0.5) is 0 Å². The lowest BCUT2D eigenvalue weighted by atomic mass is 10.4. The number of hydrogen-bond donors (Lipinski definition) is 3. The molecule has 4 heteroatoms. The molecule has 0 aromatic carbocycles. The van der Waals surface area contributed by atoms with E-state index in [0.29, 0.717) is 23.3 Å². The van der Waals surface area contributed by atoms with E-state index in [1.165, 1.54) is 0 Å². The first-order valence-corrected chi connectivity index (χ1v) is 5.76. The molecule has 0 bridgehead atoms. The van der Waals surface area contributed by atoms with Crippen molar-refractivity contribution in [2.45, 2.75) is 44.5 Å². The van der Waals surface area contributed by atoms with E-state index in [4.69, 9.17) is 5.11 Å². The summed E-state index contributed by atoms with van der Waals surface area (Å²) >= 11 is 1.83. The van der Waals surface area contributed by atoms with E-state index in [1.807, 2.05) is 11.8 Å². The normalized spacial score (nSPS) is 16.2. The molecule has 80 valence electrons. The van der Waals surface area contributed by atoms with Gasteiger partial charge in [0.15, 0.2) is 0 Å². The molecular weight excluding hydrogens is 184 g/mol. The van der Waals surface area contributed by atoms with Crippen LogP contribution in [0.2, 0.25) is 0 Å². The monoisotopic (exact) mass is 206 g/mol. The summed E-state index contributed by atoms with van der Waals surface area (Å²) in [4.78, 5) is 0. The summed E-state index contributed by atoms with van der Waals surface area (Å²) in [7, 11) is 0. The molecule has 13 heavy (non-hydrogen) atoms. The molecule has 0 rings (SSSR count). The van der Waals surface area contributed by atoms with E-state index in [1.54, 1.807) is 0 Å². The standard InChI is InChI=1S/C9H22N2OS/c1-7(2)11-9(4)13-8(3)10-5-6-12/h7-12H,5-6H2,1-4H3. The second-order valence-electron chi connectivity index (χ2n) is 3.42. The van der Waals surface area contributed by atoms with Crippen LogP contribution in [0, 0.1) is 0 Å². The first-order valence-electron chi connectivity index (χ1n) is 4.82. The average molecular weight is 206 g/mol. The Balaban J connectivity index is 3.46. The predicted octanol–water partition coefficient (Wildman–Crippen LogP) is 0.991. The Kier molecular flexibility index (Phi) is 7.75. The first-order chi connectivity index (χ1) is 6.06. The van der Waals surface area contributed by atoms with Gasteiger partial charge in [0.2, 0.25) is 0 Å². The van der Waals surface area contributed by atoms with Crippen molar-refractivity contribution >= 4 is 11.8 Å². The lowest BCUT2D eigenvalue weighted by Crippen LogP contribution is -2.35. The third-order valence-electron chi connectivity index (χ3n) is 1.52. The third kappa shape index (κ3) is 8.56. The predicted molar refractivity (Wildman–Crippen MR) is 59.9 cm³/mol. The van der Waals surface area contributed by atoms with Gasteiger partial charge in [-0.3, -0.25) is 0 Å². The molecule has 0 aliphatic heterocycles. The van der Waals surface area contributed by atoms with Gasteiger partial charge in [-0.15, -0.1) is 11.8 Å². The Hall–Kier alpha value is 0.230. The van der Waals surface area contributed by atoms with Crippen LogP contribution in [0.15, 0.2) is 0 Å². The second kappa shape index (κ2) is 7.62. The minimum absolute atomic E-state index is 0.205. The Morgan fingerprint density at radius 1 is 1.15 bits per heavy atom. The number of hydrogen-bond acceptors (Lipinski definition) is 4. The minimum Gasteiger partial charge on any atom is -0.395 e. The summed E-state index contributed by atoms with van der Waals surface area (Å²) in [6.45, 7) is 9.42. The summed E-state index contributed by atoms with van der Waals surface area (Å²) < 4.78 is 0. The lowest BCUT2D eigenvalue weighted by Gasteiger charge is -2.20. The van der Waals surface area contributed by atoms with Crippen LogP contribution >= 0.6 is 11.8 Å². The Morgan fingerprint density at radius 3 is 2.23 bits per heavy atom. The van der Waals surface area contributed by atoms with Crippen LogP contribution in [0.5, 0.6) is 0 Å². The maximum absolute atomic E-state index is 8.61. The number of thioether (sulfide) groups is 1. The lowest BCUT2D eigenvalue weighted by molar-refractivity contribution is 0.292. The Morgan fingerprint density at radius 2 is 1.77 bits per heavy atom. The van der Waals surface area contributed by atoms with Gasteiger partial charge in [0.05, 0.1) is 17.4 Å². The van der Waals surface area contributed by atoms with Gasteiger partial charge in [0.1, 0.15) is 0 Å². The van der Waals surface area contributed by atoms with Gasteiger partial charge in [0.25, 0.3) is 0 Å².